The first kappa shape index (κ1) is 10.8. The number of hydrogen-bond acceptors (Lipinski definition) is 3. The van der Waals surface area contributed by atoms with E-state index in [0.717, 1.165) is 11.3 Å². The van der Waals surface area contributed by atoms with Crippen molar-refractivity contribution >= 4 is 11.8 Å². The van der Waals surface area contributed by atoms with Gasteiger partial charge in [0.1, 0.15) is 0 Å². The maximum Gasteiger partial charge on any atom is 0.0223 e. The lowest BCUT2D eigenvalue weighted by Crippen LogP contribution is -2.55. The molecule has 2 heterocycles. The Bertz CT molecular complexity index is 198. The molecule has 2 rings (SSSR count). The van der Waals surface area contributed by atoms with Crippen LogP contribution in [0.15, 0.2) is 0 Å². The van der Waals surface area contributed by atoms with Gasteiger partial charge in [-0.2, -0.15) is 11.8 Å². The van der Waals surface area contributed by atoms with E-state index in [-0.39, 0.29) is 0 Å². The molecule has 0 aromatic heterocycles. The van der Waals surface area contributed by atoms with Crippen LogP contribution in [0.3, 0.4) is 0 Å². The highest BCUT2D eigenvalue weighted by molar-refractivity contribution is 8.00. The Morgan fingerprint density at radius 1 is 1.29 bits per heavy atom. The standard InChI is InChI=1S/C11H22N2S/c1-8-10(12)4-3-6-13(8)11-5-7-14-9(11)2/h8-11H,3-7,12H2,1-2H3/t8-,9?,10-,11?/m1/s1. The summed E-state index contributed by atoms with van der Waals surface area (Å²) in [5.41, 5.74) is 6.13. The van der Waals surface area contributed by atoms with Crippen LogP contribution in [-0.2, 0) is 0 Å². The fraction of sp³-hybridized carbons (Fsp3) is 1.00. The molecule has 82 valence electrons. The summed E-state index contributed by atoms with van der Waals surface area (Å²) in [7, 11) is 0. The second kappa shape index (κ2) is 4.42. The Labute approximate surface area is 91.6 Å². The molecule has 2 aliphatic rings. The molecule has 0 radical (unpaired) electrons. The predicted octanol–water partition coefficient (Wildman–Crippen LogP) is 1.69. The third-order valence-corrected chi connectivity index (χ3v) is 5.17. The summed E-state index contributed by atoms with van der Waals surface area (Å²) >= 11 is 2.12. The van der Waals surface area contributed by atoms with Crippen molar-refractivity contribution in [1.29, 1.82) is 0 Å². The minimum atomic E-state index is 0.404. The molecular weight excluding hydrogens is 192 g/mol. The minimum absolute atomic E-state index is 0.404. The third kappa shape index (κ3) is 1.95. The quantitative estimate of drug-likeness (QED) is 0.720. The zero-order valence-corrected chi connectivity index (χ0v) is 10.1. The normalized spacial score (nSPS) is 45.6. The van der Waals surface area contributed by atoms with Crippen LogP contribution >= 0.6 is 11.8 Å². The van der Waals surface area contributed by atoms with Crippen molar-refractivity contribution in [2.45, 2.75) is 56.5 Å². The van der Waals surface area contributed by atoms with Crippen LogP contribution in [0.25, 0.3) is 0 Å². The predicted molar refractivity (Wildman–Crippen MR) is 63.7 cm³/mol. The van der Waals surface area contributed by atoms with E-state index in [2.05, 4.69) is 30.5 Å². The molecule has 3 heteroatoms. The number of thioether (sulfide) groups is 1. The van der Waals surface area contributed by atoms with Crippen LogP contribution < -0.4 is 5.73 Å². The molecule has 0 amide bonds. The largest absolute Gasteiger partial charge is 0.326 e. The van der Waals surface area contributed by atoms with Gasteiger partial charge in [-0.25, -0.2) is 0 Å². The van der Waals surface area contributed by atoms with Gasteiger partial charge in [-0.1, -0.05) is 6.92 Å². The van der Waals surface area contributed by atoms with E-state index in [9.17, 15) is 0 Å². The lowest BCUT2D eigenvalue weighted by Gasteiger charge is -2.42. The van der Waals surface area contributed by atoms with Crippen molar-refractivity contribution in [2.24, 2.45) is 5.73 Å². The SMILES string of the molecule is CC1SCCC1N1CCC[C@@H](N)[C@H]1C. The monoisotopic (exact) mass is 214 g/mol. The molecular formula is C11H22N2S. The Morgan fingerprint density at radius 3 is 2.71 bits per heavy atom. The highest BCUT2D eigenvalue weighted by atomic mass is 32.2. The first-order valence-corrected chi connectivity index (χ1v) is 6.88. The molecule has 0 bridgehead atoms. The Hall–Kier alpha value is 0.270. The zero-order chi connectivity index (χ0) is 10.1. The maximum absolute atomic E-state index is 6.13. The number of nitrogens with two attached hydrogens (primary N) is 1. The van der Waals surface area contributed by atoms with E-state index in [0.29, 0.717) is 12.1 Å². The minimum Gasteiger partial charge on any atom is -0.326 e. The van der Waals surface area contributed by atoms with Crippen molar-refractivity contribution < 1.29 is 0 Å². The molecule has 2 nitrogen and oxygen atoms in total. The fourth-order valence-corrected chi connectivity index (χ4v) is 4.09. The number of likely N-dealkylation sites (tertiary alicyclic amines) is 1. The molecule has 2 unspecified atom stereocenters. The van der Waals surface area contributed by atoms with Crippen molar-refractivity contribution in [2.75, 3.05) is 12.3 Å². The first-order chi connectivity index (χ1) is 6.70. The summed E-state index contributed by atoms with van der Waals surface area (Å²) in [6.07, 6.45) is 3.87. The molecule has 2 N–H and O–H groups in total. The van der Waals surface area contributed by atoms with Crippen molar-refractivity contribution in [1.82, 2.24) is 4.90 Å². The van der Waals surface area contributed by atoms with Crippen molar-refractivity contribution in [3.63, 3.8) is 0 Å². The molecule has 4 atom stereocenters. The molecule has 2 aliphatic heterocycles. The molecule has 2 fully saturated rings. The second-order valence-electron chi connectivity index (χ2n) is 4.72. The molecule has 0 spiro atoms. The van der Waals surface area contributed by atoms with Crippen LogP contribution in [0.5, 0.6) is 0 Å². The van der Waals surface area contributed by atoms with Gasteiger partial charge in [0, 0.05) is 23.4 Å². The highest BCUT2D eigenvalue weighted by Gasteiger charge is 2.35. The van der Waals surface area contributed by atoms with Gasteiger partial charge < -0.3 is 5.73 Å². The van der Waals surface area contributed by atoms with E-state index in [4.69, 9.17) is 5.73 Å². The summed E-state index contributed by atoms with van der Waals surface area (Å²) in [4.78, 5) is 2.67. The summed E-state index contributed by atoms with van der Waals surface area (Å²) in [5.74, 6) is 1.34. The zero-order valence-electron chi connectivity index (χ0n) is 9.28. The molecule has 0 saturated carbocycles. The smallest absolute Gasteiger partial charge is 0.0223 e. The van der Waals surface area contributed by atoms with Crippen LogP contribution in [-0.4, -0.2) is 40.6 Å². The van der Waals surface area contributed by atoms with E-state index in [1.165, 1.54) is 31.6 Å². The van der Waals surface area contributed by atoms with Gasteiger partial charge in [0.05, 0.1) is 0 Å². The van der Waals surface area contributed by atoms with Gasteiger partial charge in [0.2, 0.25) is 0 Å². The number of hydrogen-bond donors (Lipinski definition) is 1. The molecule has 0 aromatic rings. The van der Waals surface area contributed by atoms with Gasteiger partial charge in [-0.05, 0) is 38.5 Å². The van der Waals surface area contributed by atoms with Crippen LogP contribution in [0, 0.1) is 0 Å². The van der Waals surface area contributed by atoms with Crippen LogP contribution in [0.1, 0.15) is 33.1 Å². The number of piperidine rings is 1. The summed E-state index contributed by atoms with van der Waals surface area (Å²) in [6, 6.07) is 1.79. The second-order valence-corrected chi connectivity index (χ2v) is 6.20. The topological polar surface area (TPSA) is 29.3 Å². The van der Waals surface area contributed by atoms with E-state index >= 15 is 0 Å². The van der Waals surface area contributed by atoms with Gasteiger partial charge >= 0.3 is 0 Å². The number of nitrogens with zero attached hydrogens (tertiary/aromatic N) is 1. The van der Waals surface area contributed by atoms with Gasteiger partial charge in [0.25, 0.3) is 0 Å². The van der Waals surface area contributed by atoms with Gasteiger partial charge in [-0.3, -0.25) is 4.90 Å². The Balaban J connectivity index is 2.01. The number of rotatable bonds is 1. The Morgan fingerprint density at radius 2 is 2.07 bits per heavy atom. The van der Waals surface area contributed by atoms with E-state index < -0.39 is 0 Å². The lowest BCUT2D eigenvalue weighted by atomic mass is 9.95. The third-order valence-electron chi connectivity index (χ3n) is 3.86. The fourth-order valence-electron chi connectivity index (χ4n) is 2.82. The van der Waals surface area contributed by atoms with Crippen LogP contribution in [0.2, 0.25) is 0 Å². The maximum atomic E-state index is 6.13. The Kier molecular flexibility index (Phi) is 3.40. The summed E-state index contributed by atoms with van der Waals surface area (Å²) in [5, 5.41) is 0.808. The highest BCUT2D eigenvalue weighted by Crippen LogP contribution is 2.33. The lowest BCUT2D eigenvalue weighted by molar-refractivity contribution is 0.0915. The van der Waals surface area contributed by atoms with Gasteiger partial charge in [-0.15, -0.1) is 0 Å². The first-order valence-electron chi connectivity index (χ1n) is 5.83. The molecule has 2 saturated heterocycles. The van der Waals surface area contributed by atoms with E-state index in [1.54, 1.807) is 0 Å². The van der Waals surface area contributed by atoms with Crippen molar-refractivity contribution in [3.8, 4) is 0 Å². The van der Waals surface area contributed by atoms with E-state index in [1.807, 2.05) is 0 Å². The van der Waals surface area contributed by atoms with Gasteiger partial charge in [0.15, 0.2) is 0 Å². The summed E-state index contributed by atoms with van der Waals surface area (Å²) < 4.78 is 0. The van der Waals surface area contributed by atoms with Crippen molar-refractivity contribution in [3.05, 3.63) is 0 Å². The molecule has 14 heavy (non-hydrogen) atoms. The van der Waals surface area contributed by atoms with Crippen LogP contribution in [0.4, 0.5) is 0 Å². The summed E-state index contributed by atoms with van der Waals surface area (Å²) in [6.45, 7) is 5.94. The average molecular weight is 214 g/mol. The molecule has 0 aromatic carbocycles. The average Bonchev–Trinajstić information content (AvgIpc) is 2.57. The molecule has 0 aliphatic carbocycles.